The maximum absolute atomic E-state index is 13.9. The van der Waals surface area contributed by atoms with E-state index < -0.39 is 33.4 Å². The van der Waals surface area contributed by atoms with E-state index in [1.807, 2.05) is 145 Å². The third-order valence-electron chi connectivity index (χ3n) is 30.5. The molecule has 4 saturated carbocycles. The molecule has 4 aromatic heterocycles. The van der Waals surface area contributed by atoms with Crippen molar-refractivity contribution in [2.45, 2.75) is 297 Å². The molecule has 4 aliphatic carbocycles. The highest BCUT2D eigenvalue weighted by Crippen LogP contribution is 2.47. The van der Waals surface area contributed by atoms with Gasteiger partial charge in [-0.15, -0.1) is 0 Å². The Balaban J connectivity index is 0.000000155. The molecule has 0 saturated heterocycles. The van der Waals surface area contributed by atoms with Crippen LogP contribution in [-0.2, 0) is 77.2 Å². The predicted octanol–water partition coefficient (Wildman–Crippen LogP) is 29.1. The van der Waals surface area contributed by atoms with E-state index in [9.17, 15) is 62.1 Å². The molecule has 0 bridgehead atoms. The number of Topliss-reactive ketones (excluding diaryl/α,β-unsaturated/α-hetero) is 8. The molecule has 12 aromatic rings. The molecule has 0 aliphatic heterocycles. The Bertz CT molecular complexity index is 6820. The zero-order valence-electron chi connectivity index (χ0n) is 84.5. The van der Waals surface area contributed by atoms with E-state index in [4.69, 9.17) is 6.57 Å². The molecule has 0 unspecified atom stereocenters. The van der Waals surface area contributed by atoms with E-state index in [2.05, 4.69) is 141 Å². The standard InChI is InChI=1S/C30H34F3NO2.3C30H34N2O2/c1-18(2)21-13-14-25-23(15-21)27(28(36)20-10-8-11-20)26(16-29(4,5)19(3)35)34(25)17-22-9-6-7-12-24(22)30(31,32)33;1-19(2)23-12-15-26-25(16-23)28(29(34)22-8-7-9-22)27(17-30(4,5)20(3)33)32(26)18-21-10-13-24(31-6)14-11-21;1-19(2)24-12-13-26-25(15-24)28(29(34)23-10-7-11-23)27(16-30(4,5)20(3)33)32(26)18-22-9-6-8-21(14-22)17-31;1-19(2)22-13-14-26-25(15-22)28(29(34)21-11-8-12-21)27(16-30(4,5)20(3)33)32(26)18-24-10-7-6-9-23(24)17-31/h6-7,9,12-15,18,20H,8,10-11,16-17H2,1-5H3;10-16,19,22H,7-9,17-18H2,1-5H3;6,8-9,12-15,19,23H,7,10-11,16,18H2,1-5H3;6-7,9-10,13-15,19,21H,8,11-12,16,18H2,1-5H3. The summed E-state index contributed by atoms with van der Waals surface area (Å²) in [5.41, 5.74) is 16.7. The van der Waals surface area contributed by atoms with E-state index in [1.54, 1.807) is 32.9 Å². The number of alkyl halides is 3. The van der Waals surface area contributed by atoms with Gasteiger partial charge in [-0.3, -0.25) is 38.4 Å². The van der Waals surface area contributed by atoms with E-state index in [-0.39, 0.29) is 94.4 Å². The summed E-state index contributed by atoms with van der Waals surface area (Å²) in [5.74, 6) is 2.43. The fourth-order valence-electron chi connectivity index (χ4n) is 19.2. The molecule has 4 heterocycles. The number of halogens is 3. The zero-order valence-corrected chi connectivity index (χ0v) is 84.5. The zero-order chi connectivity index (χ0) is 100. The van der Waals surface area contributed by atoms with Gasteiger partial charge in [0.25, 0.3) is 0 Å². The fraction of sp³-hybridized carbons (Fsp3) is 0.442. The molecule has 0 N–H and O–H groups in total. The molecule has 0 spiro atoms. The van der Waals surface area contributed by atoms with Crippen LogP contribution in [0.3, 0.4) is 0 Å². The average molecular weight is 1860 g/mol. The fourth-order valence-corrected chi connectivity index (χ4v) is 19.2. The highest BCUT2D eigenvalue weighted by Gasteiger charge is 2.42. The molecule has 15 nitrogen and oxygen atoms in total. The highest BCUT2D eigenvalue weighted by molar-refractivity contribution is 6.14. The van der Waals surface area contributed by atoms with Crippen LogP contribution in [0.25, 0.3) is 48.5 Å². The van der Waals surface area contributed by atoms with Gasteiger partial charge in [0.2, 0.25) is 0 Å². The van der Waals surface area contributed by atoms with Crippen molar-refractivity contribution in [3.05, 3.63) is 288 Å². The number of carbonyl (C=O) groups is 8. The van der Waals surface area contributed by atoms with Gasteiger partial charge in [-0.1, -0.05) is 234 Å². The monoisotopic (exact) mass is 1860 g/mol. The molecule has 18 heteroatoms. The van der Waals surface area contributed by atoms with Gasteiger partial charge in [0, 0.05) is 186 Å². The quantitative estimate of drug-likeness (QED) is 0.0288. The number of ketones is 8. The first-order chi connectivity index (χ1) is 65.2. The van der Waals surface area contributed by atoms with Crippen molar-refractivity contribution in [3.8, 4) is 12.1 Å². The number of hydrogen-bond acceptors (Lipinski definition) is 10. The Hall–Kier alpha value is -12.5. The smallest absolute Gasteiger partial charge is 0.339 e. The first kappa shape index (κ1) is 103. The van der Waals surface area contributed by atoms with Crippen LogP contribution in [0.5, 0.6) is 0 Å². The van der Waals surface area contributed by atoms with Crippen LogP contribution in [0, 0.1) is 74.6 Å². The summed E-state index contributed by atoms with van der Waals surface area (Å²) < 4.78 is 50.1. The van der Waals surface area contributed by atoms with Crippen LogP contribution in [0.1, 0.15) is 365 Å². The van der Waals surface area contributed by atoms with Gasteiger partial charge >= 0.3 is 6.18 Å². The predicted molar refractivity (Wildman–Crippen MR) is 546 cm³/mol. The lowest BCUT2D eigenvalue weighted by atomic mass is 9.77. The Morgan fingerprint density at radius 2 is 0.659 bits per heavy atom. The van der Waals surface area contributed by atoms with Gasteiger partial charge in [-0.25, -0.2) is 4.85 Å². The Labute approximate surface area is 813 Å². The number of aromatic nitrogens is 4. The topological polar surface area (TPSA) is 208 Å². The van der Waals surface area contributed by atoms with Crippen LogP contribution < -0.4 is 0 Å². The maximum Gasteiger partial charge on any atom is 0.416 e. The molecule has 0 amide bonds. The van der Waals surface area contributed by atoms with Crippen molar-refractivity contribution < 1.29 is 51.5 Å². The number of hydrogen-bond donors (Lipinski definition) is 0. The summed E-state index contributed by atoms with van der Waals surface area (Å²) in [6.45, 7) is 47.8. The van der Waals surface area contributed by atoms with E-state index in [0.29, 0.717) is 84.7 Å². The molecule has 4 fully saturated rings. The van der Waals surface area contributed by atoms with Crippen molar-refractivity contribution in [1.29, 1.82) is 10.5 Å². The number of nitriles is 2. The third-order valence-corrected chi connectivity index (χ3v) is 30.5. The summed E-state index contributed by atoms with van der Waals surface area (Å²) in [4.78, 5) is 109. The van der Waals surface area contributed by atoms with Crippen LogP contribution in [0.4, 0.5) is 18.9 Å². The molecule has 138 heavy (non-hydrogen) atoms. The van der Waals surface area contributed by atoms with Gasteiger partial charge in [-0.05, 0) is 220 Å². The molecular formula is C120H136F3N7O8. The minimum Gasteiger partial charge on any atom is -0.339 e. The van der Waals surface area contributed by atoms with Crippen molar-refractivity contribution in [1.82, 2.24) is 18.3 Å². The summed E-state index contributed by atoms with van der Waals surface area (Å²) in [6, 6.07) is 58.3. The van der Waals surface area contributed by atoms with Gasteiger partial charge in [-0.2, -0.15) is 23.7 Å². The summed E-state index contributed by atoms with van der Waals surface area (Å²) in [7, 11) is 0. The lowest BCUT2D eigenvalue weighted by Crippen LogP contribution is -2.28. The Kier molecular flexibility index (Phi) is 31.4. The molecule has 720 valence electrons. The Morgan fingerprint density at radius 1 is 0.362 bits per heavy atom. The lowest BCUT2D eigenvalue weighted by molar-refractivity contribution is -0.138. The van der Waals surface area contributed by atoms with Crippen LogP contribution in [-0.4, -0.2) is 64.5 Å². The average Bonchev–Trinajstić information content (AvgIpc) is 1.60. The normalized spacial score (nSPS) is 14.4. The number of nitrogens with zero attached hydrogens (tertiary/aromatic N) is 7. The molecule has 4 aliphatic rings. The minimum atomic E-state index is -4.49. The second-order valence-corrected chi connectivity index (χ2v) is 43.3. The molecule has 0 atom stereocenters. The van der Waals surface area contributed by atoms with E-state index in [0.717, 1.165) is 183 Å². The largest absolute Gasteiger partial charge is 0.416 e. The highest BCUT2D eigenvalue weighted by atomic mass is 19.4. The van der Waals surface area contributed by atoms with Gasteiger partial charge < -0.3 is 18.3 Å². The first-order valence-electron chi connectivity index (χ1n) is 49.6. The molecule has 0 radical (unpaired) electrons. The minimum absolute atomic E-state index is 0.0279. The van der Waals surface area contributed by atoms with Crippen LogP contribution in [0.2, 0.25) is 0 Å². The van der Waals surface area contributed by atoms with Crippen molar-refractivity contribution in [2.75, 3.05) is 0 Å². The third kappa shape index (κ3) is 22.1. The number of carbonyl (C=O) groups excluding carboxylic acids is 8. The number of benzene rings is 8. The Morgan fingerprint density at radius 3 is 0.942 bits per heavy atom. The van der Waals surface area contributed by atoms with Crippen LogP contribution >= 0.6 is 0 Å². The number of rotatable bonds is 32. The summed E-state index contributed by atoms with van der Waals surface area (Å²) in [6.07, 6.45) is 8.86. The van der Waals surface area contributed by atoms with E-state index >= 15 is 0 Å². The van der Waals surface area contributed by atoms with Crippen molar-refractivity contribution in [3.63, 3.8) is 0 Å². The summed E-state index contributed by atoms with van der Waals surface area (Å²) >= 11 is 0. The lowest BCUT2D eigenvalue weighted by Gasteiger charge is -2.27. The van der Waals surface area contributed by atoms with E-state index in [1.165, 1.54) is 35.7 Å². The first-order valence-corrected chi connectivity index (χ1v) is 49.6. The molecule has 16 rings (SSSR count). The SMILES string of the molecule is CC(=O)C(C)(C)Cc1c(C(=O)C2CCC2)c2cc(C(C)C)ccc2n1Cc1cccc(C#N)c1.CC(=O)C(C)(C)Cc1c(C(=O)C2CCC2)c2cc(C(C)C)ccc2n1Cc1ccccc1C#N.CC(=O)C(C)(C)Cc1c(C(=O)C2CCC2)c2cc(C(C)C)ccc2n1Cc1ccccc1C(F)(F)F.[C-]#[N+]c1ccc(Cn2c(CC(C)(C)C(C)=O)c(C(=O)C3CCC3)c3cc(C(C)C)ccc32)cc1. The van der Waals surface area contributed by atoms with Gasteiger partial charge in [0.05, 0.1) is 35.4 Å². The van der Waals surface area contributed by atoms with Crippen molar-refractivity contribution in [2.24, 2.45) is 45.3 Å². The van der Waals surface area contributed by atoms with Crippen molar-refractivity contribution >= 4 is 95.6 Å². The number of fused-ring (bicyclic) bond motifs is 4. The second-order valence-electron chi connectivity index (χ2n) is 43.3. The summed E-state index contributed by atoms with van der Waals surface area (Å²) in [5, 5.41) is 22.8. The molecule has 8 aromatic carbocycles. The van der Waals surface area contributed by atoms with Crippen LogP contribution in [0.15, 0.2) is 170 Å². The maximum atomic E-state index is 13.9. The van der Waals surface area contributed by atoms with Gasteiger partial charge in [0.1, 0.15) is 23.1 Å². The van der Waals surface area contributed by atoms with Gasteiger partial charge in [0.15, 0.2) is 28.8 Å². The second kappa shape index (κ2) is 42.1. The molecular weight excluding hydrogens is 1720 g/mol.